The number of nitriles is 1. The number of anilines is 1. The summed E-state index contributed by atoms with van der Waals surface area (Å²) in [6, 6.07) is 15.3. The number of hydrogen-bond donors (Lipinski definition) is 1. The Hall–Kier alpha value is -2.49. The molecule has 0 spiro atoms. The van der Waals surface area contributed by atoms with Crippen LogP contribution in [0.1, 0.15) is 14.7 Å². The van der Waals surface area contributed by atoms with Crippen molar-refractivity contribution in [1.82, 2.24) is 4.98 Å². The molecule has 0 aliphatic carbocycles. The molecule has 0 radical (unpaired) electrons. The molecule has 1 amide bonds. The summed E-state index contributed by atoms with van der Waals surface area (Å²) in [7, 11) is 0. The number of hydrogen-bond acceptors (Lipinski definition) is 5. The molecule has 3 aromatic rings. The van der Waals surface area contributed by atoms with Crippen molar-refractivity contribution in [3.8, 4) is 17.3 Å². The van der Waals surface area contributed by atoms with Crippen LogP contribution in [0, 0.1) is 11.3 Å². The van der Waals surface area contributed by atoms with Crippen molar-refractivity contribution in [2.24, 2.45) is 0 Å². The SMILES string of the molecule is N#CCc1nc(-c2ccccc2)c(NC(=O)c2cccs2)s1. The fourth-order valence-electron chi connectivity index (χ4n) is 1.96. The average Bonchev–Trinajstić information content (AvgIpc) is 3.18. The number of amides is 1. The number of nitrogens with zero attached hydrogens (tertiary/aromatic N) is 2. The Morgan fingerprint density at radius 1 is 1.23 bits per heavy atom. The summed E-state index contributed by atoms with van der Waals surface area (Å²) in [6.45, 7) is 0. The van der Waals surface area contributed by atoms with Crippen LogP contribution >= 0.6 is 22.7 Å². The van der Waals surface area contributed by atoms with E-state index in [9.17, 15) is 4.79 Å². The molecule has 4 nitrogen and oxygen atoms in total. The number of thiophene rings is 1. The fourth-order valence-corrected chi connectivity index (χ4v) is 3.49. The molecule has 2 aromatic heterocycles. The van der Waals surface area contributed by atoms with E-state index in [1.54, 1.807) is 6.07 Å². The van der Waals surface area contributed by atoms with Gasteiger partial charge in [0.15, 0.2) is 0 Å². The lowest BCUT2D eigenvalue weighted by Gasteiger charge is -2.03. The Bertz CT molecular complexity index is 817. The smallest absolute Gasteiger partial charge is 0.266 e. The van der Waals surface area contributed by atoms with E-state index in [2.05, 4.69) is 16.4 Å². The highest BCUT2D eigenvalue weighted by Crippen LogP contribution is 2.33. The third-order valence-electron chi connectivity index (χ3n) is 2.92. The molecule has 22 heavy (non-hydrogen) atoms. The van der Waals surface area contributed by atoms with Gasteiger partial charge in [-0.05, 0) is 11.4 Å². The largest absolute Gasteiger partial charge is 0.311 e. The van der Waals surface area contributed by atoms with E-state index in [1.807, 2.05) is 41.8 Å². The molecule has 0 aliphatic heterocycles. The zero-order valence-electron chi connectivity index (χ0n) is 11.4. The molecule has 0 aliphatic rings. The van der Waals surface area contributed by atoms with Crippen LogP contribution in [-0.2, 0) is 6.42 Å². The van der Waals surface area contributed by atoms with Crippen LogP contribution in [-0.4, -0.2) is 10.9 Å². The second kappa shape index (κ2) is 6.52. The van der Waals surface area contributed by atoms with Gasteiger partial charge in [0, 0.05) is 5.56 Å². The second-order valence-corrected chi connectivity index (χ2v) is 6.45. The first-order chi connectivity index (χ1) is 10.8. The Kier molecular flexibility index (Phi) is 4.28. The first-order valence-electron chi connectivity index (χ1n) is 6.55. The summed E-state index contributed by atoms with van der Waals surface area (Å²) >= 11 is 2.73. The first-order valence-corrected chi connectivity index (χ1v) is 8.24. The molecule has 2 heterocycles. The molecule has 0 atom stereocenters. The Balaban J connectivity index is 1.95. The van der Waals surface area contributed by atoms with Gasteiger partial charge in [0.2, 0.25) is 0 Å². The number of rotatable bonds is 4. The summed E-state index contributed by atoms with van der Waals surface area (Å²) in [5, 5.41) is 15.0. The minimum atomic E-state index is -0.153. The lowest BCUT2D eigenvalue weighted by Crippen LogP contribution is -2.09. The van der Waals surface area contributed by atoms with Crippen LogP contribution in [0.4, 0.5) is 5.00 Å². The molecule has 0 saturated carbocycles. The van der Waals surface area contributed by atoms with E-state index in [1.165, 1.54) is 22.7 Å². The summed E-state index contributed by atoms with van der Waals surface area (Å²) in [6.07, 6.45) is 0.235. The molecular weight excluding hydrogens is 314 g/mol. The predicted octanol–water partition coefficient (Wildman–Crippen LogP) is 4.19. The molecular formula is C16H11N3OS2. The van der Waals surface area contributed by atoms with Crippen molar-refractivity contribution in [3.05, 3.63) is 57.7 Å². The number of carbonyl (C=O) groups is 1. The van der Waals surface area contributed by atoms with Crippen LogP contribution in [0.3, 0.4) is 0 Å². The van der Waals surface area contributed by atoms with E-state index in [0.29, 0.717) is 20.6 Å². The molecule has 0 bridgehead atoms. The minimum absolute atomic E-state index is 0.153. The number of thiazole rings is 1. The lowest BCUT2D eigenvalue weighted by molar-refractivity contribution is 0.103. The van der Waals surface area contributed by atoms with Gasteiger partial charge in [0.05, 0.1) is 17.4 Å². The molecule has 0 fully saturated rings. The number of aromatic nitrogens is 1. The Morgan fingerprint density at radius 3 is 2.73 bits per heavy atom. The van der Waals surface area contributed by atoms with Crippen molar-refractivity contribution in [1.29, 1.82) is 5.26 Å². The highest BCUT2D eigenvalue weighted by atomic mass is 32.1. The lowest BCUT2D eigenvalue weighted by atomic mass is 10.1. The van der Waals surface area contributed by atoms with Gasteiger partial charge in [0.25, 0.3) is 5.91 Å². The second-order valence-electron chi connectivity index (χ2n) is 4.42. The average molecular weight is 325 g/mol. The van der Waals surface area contributed by atoms with Crippen LogP contribution in [0.15, 0.2) is 47.8 Å². The minimum Gasteiger partial charge on any atom is -0.311 e. The fraction of sp³-hybridized carbons (Fsp3) is 0.0625. The van der Waals surface area contributed by atoms with Crippen molar-refractivity contribution in [2.75, 3.05) is 5.32 Å². The van der Waals surface area contributed by atoms with Crippen LogP contribution in [0.5, 0.6) is 0 Å². The normalized spacial score (nSPS) is 10.1. The van der Waals surface area contributed by atoms with E-state index < -0.39 is 0 Å². The maximum atomic E-state index is 12.2. The van der Waals surface area contributed by atoms with Crippen molar-refractivity contribution in [2.45, 2.75) is 6.42 Å². The van der Waals surface area contributed by atoms with Gasteiger partial charge in [-0.3, -0.25) is 4.79 Å². The van der Waals surface area contributed by atoms with Crippen molar-refractivity contribution >= 4 is 33.6 Å². The summed E-state index contributed by atoms with van der Waals surface area (Å²) in [5.74, 6) is -0.153. The highest BCUT2D eigenvalue weighted by Gasteiger charge is 2.16. The Morgan fingerprint density at radius 2 is 2.05 bits per heavy atom. The number of carbonyl (C=O) groups excluding carboxylic acids is 1. The molecule has 1 aromatic carbocycles. The van der Waals surface area contributed by atoms with Crippen LogP contribution in [0.25, 0.3) is 11.3 Å². The summed E-state index contributed by atoms with van der Waals surface area (Å²) < 4.78 is 0. The van der Waals surface area contributed by atoms with Gasteiger partial charge < -0.3 is 5.32 Å². The zero-order chi connectivity index (χ0) is 15.4. The molecule has 3 rings (SSSR count). The van der Waals surface area contributed by atoms with Gasteiger partial charge in [-0.2, -0.15) is 5.26 Å². The maximum Gasteiger partial charge on any atom is 0.266 e. The first kappa shape index (κ1) is 14.4. The van der Waals surface area contributed by atoms with Gasteiger partial charge in [0.1, 0.15) is 15.7 Å². The number of nitrogens with one attached hydrogen (secondary N) is 1. The summed E-state index contributed by atoms with van der Waals surface area (Å²) in [4.78, 5) is 17.4. The van der Waals surface area contributed by atoms with E-state index in [0.717, 1.165) is 5.56 Å². The van der Waals surface area contributed by atoms with E-state index >= 15 is 0 Å². The topological polar surface area (TPSA) is 65.8 Å². The quantitative estimate of drug-likeness (QED) is 0.782. The van der Waals surface area contributed by atoms with Gasteiger partial charge in [-0.15, -0.1) is 11.3 Å². The maximum absolute atomic E-state index is 12.2. The third kappa shape index (κ3) is 3.06. The summed E-state index contributed by atoms with van der Waals surface area (Å²) in [5.41, 5.74) is 1.63. The van der Waals surface area contributed by atoms with Crippen LogP contribution in [0.2, 0.25) is 0 Å². The number of benzene rings is 1. The van der Waals surface area contributed by atoms with E-state index in [-0.39, 0.29) is 12.3 Å². The third-order valence-corrected chi connectivity index (χ3v) is 4.76. The standard InChI is InChI=1S/C16H11N3OS2/c17-9-8-13-18-14(11-5-2-1-3-6-11)16(22-13)19-15(20)12-7-4-10-21-12/h1-7,10H,8H2,(H,19,20). The predicted molar refractivity (Wildman–Crippen MR) is 89.1 cm³/mol. The molecule has 6 heteroatoms. The Labute approximate surface area is 135 Å². The van der Waals surface area contributed by atoms with Gasteiger partial charge in [-0.1, -0.05) is 47.7 Å². The van der Waals surface area contributed by atoms with Crippen molar-refractivity contribution in [3.63, 3.8) is 0 Å². The van der Waals surface area contributed by atoms with Gasteiger partial charge >= 0.3 is 0 Å². The molecule has 108 valence electrons. The monoisotopic (exact) mass is 325 g/mol. The zero-order valence-corrected chi connectivity index (χ0v) is 13.1. The van der Waals surface area contributed by atoms with Gasteiger partial charge in [-0.25, -0.2) is 4.98 Å². The van der Waals surface area contributed by atoms with Crippen molar-refractivity contribution < 1.29 is 4.79 Å². The molecule has 0 saturated heterocycles. The molecule has 0 unspecified atom stereocenters. The molecule has 1 N–H and O–H groups in total. The van der Waals surface area contributed by atoms with E-state index in [4.69, 9.17) is 5.26 Å². The highest BCUT2D eigenvalue weighted by molar-refractivity contribution is 7.16. The van der Waals surface area contributed by atoms with Crippen LogP contribution < -0.4 is 5.32 Å².